The molecule has 1 rings (SSSR count). The molecular weight excluding hydrogens is 214 g/mol. The fraction of sp³-hybridized carbons (Fsp3) is 0.769. The summed E-state index contributed by atoms with van der Waals surface area (Å²) in [4.78, 5) is 0. The average molecular weight is 239 g/mol. The second-order valence-corrected chi connectivity index (χ2v) is 4.45. The van der Waals surface area contributed by atoms with E-state index < -0.39 is 0 Å². The molecule has 0 spiro atoms. The zero-order chi connectivity index (χ0) is 12.8. The van der Waals surface area contributed by atoms with Gasteiger partial charge in [-0.25, -0.2) is 0 Å². The molecule has 1 unspecified atom stereocenters. The van der Waals surface area contributed by atoms with Gasteiger partial charge in [0, 0.05) is 18.3 Å². The lowest BCUT2D eigenvalue weighted by molar-refractivity contribution is 0.231. The lowest BCUT2D eigenvalue weighted by Crippen LogP contribution is -2.33. The van der Waals surface area contributed by atoms with Crippen LogP contribution >= 0.6 is 0 Å². The van der Waals surface area contributed by atoms with Crippen LogP contribution in [0.1, 0.15) is 37.2 Å². The van der Waals surface area contributed by atoms with Gasteiger partial charge in [-0.2, -0.15) is 5.10 Å². The molecule has 0 radical (unpaired) electrons. The van der Waals surface area contributed by atoms with Crippen LogP contribution < -0.4 is 5.32 Å². The van der Waals surface area contributed by atoms with Crippen LogP contribution in [0.15, 0.2) is 0 Å². The van der Waals surface area contributed by atoms with Crippen molar-refractivity contribution in [1.29, 1.82) is 0 Å². The van der Waals surface area contributed by atoms with Crippen LogP contribution in [0.2, 0.25) is 0 Å². The summed E-state index contributed by atoms with van der Waals surface area (Å²) in [6.07, 6.45) is 1.95. The van der Waals surface area contributed by atoms with Crippen LogP contribution in [0.5, 0.6) is 0 Å². The summed E-state index contributed by atoms with van der Waals surface area (Å²) in [7, 11) is 0. The monoisotopic (exact) mass is 239 g/mol. The van der Waals surface area contributed by atoms with Crippen LogP contribution in [0.25, 0.3) is 0 Å². The highest BCUT2D eigenvalue weighted by molar-refractivity contribution is 5.24. The van der Waals surface area contributed by atoms with Crippen molar-refractivity contribution in [3.05, 3.63) is 17.0 Å². The van der Waals surface area contributed by atoms with Crippen molar-refractivity contribution in [1.82, 2.24) is 15.1 Å². The topological polar surface area (TPSA) is 50.1 Å². The third kappa shape index (κ3) is 3.54. The van der Waals surface area contributed by atoms with Gasteiger partial charge in [0.2, 0.25) is 0 Å². The highest BCUT2D eigenvalue weighted by Gasteiger charge is 2.11. The predicted molar refractivity (Wildman–Crippen MR) is 70.2 cm³/mol. The number of aliphatic hydroxyl groups excluding tert-OH is 1. The van der Waals surface area contributed by atoms with Gasteiger partial charge in [-0.1, -0.05) is 13.8 Å². The highest BCUT2D eigenvalue weighted by Crippen LogP contribution is 2.14. The molecule has 1 heterocycles. The number of hydrogen-bond acceptors (Lipinski definition) is 3. The standard InChI is InChI=1S/C13H25N3O/c1-5-13-10(3)15-16(11(13)4)8-7-12(9-17)14-6-2/h12,14,17H,5-9H2,1-4H3. The molecule has 0 fully saturated rings. The lowest BCUT2D eigenvalue weighted by Gasteiger charge is -2.15. The first-order valence-electron chi connectivity index (χ1n) is 6.51. The fourth-order valence-corrected chi connectivity index (χ4v) is 2.29. The van der Waals surface area contributed by atoms with Gasteiger partial charge in [0.1, 0.15) is 0 Å². The van der Waals surface area contributed by atoms with E-state index in [1.54, 1.807) is 0 Å². The van der Waals surface area contributed by atoms with E-state index in [2.05, 4.69) is 42.8 Å². The number of aliphatic hydroxyl groups is 1. The minimum atomic E-state index is 0.175. The zero-order valence-electron chi connectivity index (χ0n) is 11.5. The second kappa shape index (κ2) is 6.77. The van der Waals surface area contributed by atoms with E-state index in [-0.39, 0.29) is 12.6 Å². The van der Waals surface area contributed by atoms with Crippen LogP contribution in [-0.2, 0) is 13.0 Å². The molecule has 0 bridgehead atoms. The maximum atomic E-state index is 9.22. The molecule has 0 aliphatic rings. The molecule has 0 aliphatic heterocycles. The molecule has 4 nitrogen and oxygen atoms in total. The predicted octanol–water partition coefficient (Wildman–Crippen LogP) is 1.42. The van der Waals surface area contributed by atoms with Crippen LogP contribution in [0, 0.1) is 13.8 Å². The fourth-order valence-electron chi connectivity index (χ4n) is 2.29. The largest absolute Gasteiger partial charge is 0.395 e. The van der Waals surface area contributed by atoms with Crippen molar-refractivity contribution in [3.63, 3.8) is 0 Å². The summed E-state index contributed by atoms with van der Waals surface area (Å²) >= 11 is 0. The molecule has 0 amide bonds. The first-order chi connectivity index (χ1) is 8.13. The van der Waals surface area contributed by atoms with Gasteiger partial charge in [0.15, 0.2) is 0 Å². The van der Waals surface area contributed by atoms with Gasteiger partial charge in [0.25, 0.3) is 0 Å². The summed E-state index contributed by atoms with van der Waals surface area (Å²) < 4.78 is 2.06. The molecule has 1 aromatic rings. The summed E-state index contributed by atoms with van der Waals surface area (Å²) in [5, 5.41) is 17.0. The Morgan fingerprint density at radius 3 is 2.53 bits per heavy atom. The molecule has 1 aromatic heterocycles. The quantitative estimate of drug-likeness (QED) is 0.756. The third-order valence-corrected chi connectivity index (χ3v) is 3.29. The molecule has 1 atom stereocenters. The Morgan fingerprint density at radius 2 is 2.06 bits per heavy atom. The zero-order valence-corrected chi connectivity index (χ0v) is 11.5. The van der Waals surface area contributed by atoms with Gasteiger partial charge < -0.3 is 10.4 Å². The van der Waals surface area contributed by atoms with Crippen LogP contribution in [0.4, 0.5) is 0 Å². The number of aromatic nitrogens is 2. The number of nitrogens with one attached hydrogen (secondary N) is 1. The first-order valence-corrected chi connectivity index (χ1v) is 6.51. The SMILES string of the molecule is CCNC(CO)CCn1nc(C)c(CC)c1C. The van der Waals surface area contributed by atoms with Crippen molar-refractivity contribution in [3.8, 4) is 0 Å². The number of nitrogens with zero attached hydrogens (tertiary/aromatic N) is 2. The normalized spacial score (nSPS) is 13.0. The first kappa shape index (κ1) is 14.2. The van der Waals surface area contributed by atoms with Crippen LogP contribution in [-0.4, -0.2) is 34.1 Å². The molecule has 0 saturated carbocycles. The molecule has 0 aliphatic carbocycles. The summed E-state index contributed by atoms with van der Waals surface area (Å²) in [5.74, 6) is 0. The molecule has 0 aromatic carbocycles. The maximum Gasteiger partial charge on any atom is 0.0628 e. The number of aryl methyl sites for hydroxylation is 2. The average Bonchev–Trinajstić information content (AvgIpc) is 2.59. The Balaban J connectivity index is 2.62. The van der Waals surface area contributed by atoms with E-state index in [0.717, 1.165) is 31.6 Å². The Labute approximate surface area is 104 Å². The highest BCUT2D eigenvalue weighted by atomic mass is 16.3. The van der Waals surface area contributed by atoms with Gasteiger partial charge >= 0.3 is 0 Å². The lowest BCUT2D eigenvalue weighted by atomic mass is 10.1. The van der Waals surface area contributed by atoms with Gasteiger partial charge in [-0.05, 0) is 38.8 Å². The van der Waals surface area contributed by atoms with E-state index in [9.17, 15) is 5.11 Å². The number of rotatable bonds is 7. The van der Waals surface area contributed by atoms with E-state index in [0.29, 0.717) is 0 Å². The molecule has 2 N–H and O–H groups in total. The van der Waals surface area contributed by atoms with Crippen molar-refractivity contribution >= 4 is 0 Å². The Hall–Kier alpha value is -0.870. The van der Waals surface area contributed by atoms with Crippen LogP contribution in [0.3, 0.4) is 0 Å². The van der Waals surface area contributed by atoms with E-state index in [1.807, 2.05) is 0 Å². The smallest absolute Gasteiger partial charge is 0.0628 e. The molecule has 98 valence electrons. The van der Waals surface area contributed by atoms with Crippen molar-refractivity contribution in [2.75, 3.05) is 13.2 Å². The minimum Gasteiger partial charge on any atom is -0.395 e. The maximum absolute atomic E-state index is 9.22. The summed E-state index contributed by atoms with van der Waals surface area (Å²) in [6.45, 7) is 10.4. The molecule has 17 heavy (non-hydrogen) atoms. The molecule has 4 heteroatoms. The molecular formula is C13H25N3O. The Kier molecular flexibility index (Phi) is 5.65. The third-order valence-electron chi connectivity index (χ3n) is 3.29. The van der Waals surface area contributed by atoms with Crippen molar-refractivity contribution in [2.24, 2.45) is 0 Å². The van der Waals surface area contributed by atoms with E-state index >= 15 is 0 Å². The second-order valence-electron chi connectivity index (χ2n) is 4.45. The van der Waals surface area contributed by atoms with Gasteiger partial charge in [-0.15, -0.1) is 0 Å². The summed E-state index contributed by atoms with van der Waals surface area (Å²) in [6, 6.07) is 0.175. The minimum absolute atomic E-state index is 0.175. The van der Waals surface area contributed by atoms with Gasteiger partial charge in [0.05, 0.1) is 12.3 Å². The number of hydrogen-bond donors (Lipinski definition) is 2. The number of likely N-dealkylation sites (N-methyl/N-ethyl adjacent to an activating group) is 1. The van der Waals surface area contributed by atoms with Crippen molar-refractivity contribution < 1.29 is 5.11 Å². The van der Waals surface area contributed by atoms with Crippen molar-refractivity contribution in [2.45, 2.75) is 53.1 Å². The Morgan fingerprint density at radius 1 is 1.35 bits per heavy atom. The Bertz CT molecular complexity index is 347. The van der Waals surface area contributed by atoms with E-state index in [1.165, 1.54) is 11.3 Å². The van der Waals surface area contributed by atoms with Gasteiger partial charge in [-0.3, -0.25) is 4.68 Å². The summed E-state index contributed by atoms with van der Waals surface area (Å²) in [5.41, 5.74) is 3.75. The molecule has 0 saturated heterocycles. The van der Waals surface area contributed by atoms with E-state index in [4.69, 9.17) is 0 Å².